The Bertz CT molecular complexity index is 693. The van der Waals surface area contributed by atoms with Gasteiger partial charge in [0.25, 0.3) is 0 Å². The quantitative estimate of drug-likeness (QED) is 0.902. The third-order valence-electron chi connectivity index (χ3n) is 3.84. The Morgan fingerprint density at radius 1 is 1.30 bits per heavy atom. The second-order valence-corrected chi connectivity index (χ2v) is 5.47. The molecule has 1 saturated heterocycles. The molecule has 2 heterocycles. The summed E-state index contributed by atoms with van der Waals surface area (Å²) < 4.78 is 13.9. The summed E-state index contributed by atoms with van der Waals surface area (Å²) in [6.07, 6.45) is 4.51. The van der Waals surface area contributed by atoms with Crippen molar-refractivity contribution in [1.82, 2.24) is 9.97 Å². The van der Waals surface area contributed by atoms with Gasteiger partial charge >= 0.3 is 5.97 Å². The molecular formula is C16H17FN4O2. The van der Waals surface area contributed by atoms with E-state index in [1.54, 1.807) is 12.1 Å². The van der Waals surface area contributed by atoms with Crippen LogP contribution in [0.4, 0.5) is 15.9 Å². The van der Waals surface area contributed by atoms with Crippen molar-refractivity contribution < 1.29 is 14.3 Å². The minimum Gasteiger partial charge on any atom is -0.476 e. The number of nitrogens with zero attached hydrogens (tertiary/aromatic N) is 3. The number of carbonyl (C=O) groups is 1. The number of carboxylic acids is 1. The van der Waals surface area contributed by atoms with Crippen LogP contribution in [0.2, 0.25) is 0 Å². The van der Waals surface area contributed by atoms with Gasteiger partial charge in [-0.2, -0.15) is 0 Å². The number of aromatic carboxylic acids is 1. The van der Waals surface area contributed by atoms with E-state index in [0.29, 0.717) is 18.1 Å². The third-order valence-corrected chi connectivity index (χ3v) is 3.84. The van der Waals surface area contributed by atoms with Crippen molar-refractivity contribution in [2.24, 2.45) is 0 Å². The number of halogens is 1. The van der Waals surface area contributed by atoms with E-state index >= 15 is 0 Å². The molecule has 23 heavy (non-hydrogen) atoms. The fraction of sp³-hybridized carbons (Fsp3) is 0.312. The SMILES string of the molecule is O=C(O)c1cnc(NC2CCCN(c3ccccc3F)C2)cn1. The van der Waals surface area contributed by atoms with Crippen LogP contribution in [0.5, 0.6) is 0 Å². The zero-order chi connectivity index (χ0) is 16.2. The molecule has 0 saturated carbocycles. The number of benzene rings is 1. The molecule has 0 bridgehead atoms. The third kappa shape index (κ3) is 3.56. The minimum atomic E-state index is -1.10. The molecule has 0 spiro atoms. The molecule has 1 aliphatic heterocycles. The molecule has 6 nitrogen and oxygen atoms in total. The van der Waals surface area contributed by atoms with Crippen molar-refractivity contribution in [2.75, 3.05) is 23.3 Å². The van der Waals surface area contributed by atoms with Crippen LogP contribution in [-0.4, -0.2) is 40.2 Å². The highest BCUT2D eigenvalue weighted by Gasteiger charge is 2.22. The predicted molar refractivity (Wildman–Crippen MR) is 84.2 cm³/mol. The van der Waals surface area contributed by atoms with Gasteiger partial charge in [-0.15, -0.1) is 0 Å². The van der Waals surface area contributed by atoms with E-state index < -0.39 is 5.97 Å². The lowest BCUT2D eigenvalue weighted by Crippen LogP contribution is -2.42. The van der Waals surface area contributed by atoms with E-state index in [2.05, 4.69) is 15.3 Å². The maximum atomic E-state index is 13.9. The lowest BCUT2D eigenvalue weighted by Gasteiger charge is -2.35. The van der Waals surface area contributed by atoms with Crippen LogP contribution in [0, 0.1) is 5.82 Å². The molecule has 1 fully saturated rings. The Balaban J connectivity index is 1.67. The summed E-state index contributed by atoms with van der Waals surface area (Å²) in [7, 11) is 0. The number of aromatic nitrogens is 2. The zero-order valence-electron chi connectivity index (χ0n) is 12.4. The van der Waals surface area contributed by atoms with Crippen LogP contribution in [0.3, 0.4) is 0 Å². The van der Waals surface area contributed by atoms with Crippen LogP contribution >= 0.6 is 0 Å². The van der Waals surface area contributed by atoms with Gasteiger partial charge in [0.2, 0.25) is 0 Å². The average molecular weight is 316 g/mol. The first-order valence-corrected chi connectivity index (χ1v) is 7.45. The minimum absolute atomic E-state index is 0.0906. The first-order valence-electron chi connectivity index (χ1n) is 7.45. The summed E-state index contributed by atoms with van der Waals surface area (Å²) in [5, 5.41) is 12.1. The molecule has 2 N–H and O–H groups in total. The van der Waals surface area contributed by atoms with E-state index in [1.165, 1.54) is 18.5 Å². The Morgan fingerprint density at radius 2 is 2.13 bits per heavy atom. The monoisotopic (exact) mass is 316 g/mol. The van der Waals surface area contributed by atoms with Crippen LogP contribution < -0.4 is 10.2 Å². The van der Waals surface area contributed by atoms with Gasteiger partial charge in [-0.1, -0.05) is 12.1 Å². The number of hydrogen-bond acceptors (Lipinski definition) is 5. The second-order valence-electron chi connectivity index (χ2n) is 5.47. The molecule has 0 aliphatic carbocycles. The Morgan fingerprint density at radius 3 is 2.83 bits per heavy atom. The molecule has 3 rings (SSSR count). The maximum absolute atomic E-state index is 13.9. The van der Waals surface area contributed by atoms with Crippen LogP contribution in [-0.2, 0) is 0 Å². The molecule has 0 amide bonds. The number of anilines is 2. The number of piperidine rings is 1. The normalized spacial score (nSPS) is 17.8. The van der Waals surface area contributed by atoms with Gasteiger partial charge in [-0.25, -0.2) is 19.2 Å². The lowest BCUT2D eigenvalue weighted by molar-refractivity contribution is 0.0690. The fourth-order valence-electron chi connectivity index (χ4n) is 2.74. The van der Waals surface area contributed by atoms with Crippen LogP contribution in [0.25, 0.3) is 0 Å². The first kappa shape index (κ1) is 15.2. The van der Waals surface area contributed by atoms with Crippen LogP contribution in [0.15, 0.2) is 36.7 Å². The highest BCUT2D eigenvalue weighted by molar-refractivity contribution is 5.84. The van der Waals surface area contributed by atoms with Gasteiger partial charge in [-0.05, 0) is 25.0 Å². The summed E-state index contributed by atoms with van der Waals surface area (Å²) >= 11 is 0. The Labute approximate surface area is 133 Å². The molecule has 1 aromatic carbocycles. The lowest BCUT2D eigenvalue weighted by atomic mass is 10.0. The molecule has 7 heteroatoms. The number of hydrogen-bond donors (Lipinski definition) is 2. The largest absolute Gasteiger partial charge is 0.476 e. The van der Waals surface area contributed by atoms with Crippen LogP contribution in [0.1, 0.15) is 23.3 Å². The summed E-state index contributed by atoms with van der Waals surface area (Å²) in [5.74, 6) is -0.804. The van der Waals surface area contributed by atoms with E-state index in [4.69, 9.17) is 5.11 Å². The maximum Gasteiger partial charge on any atom is 0.356 e. The average Bonchev–Trinajstić information content (AvgIpc) is 2.56. The van der Waals surface area contributed by atoms with E-state index in [1.807, 2.05) is 11.0 Å². The smallest absolute Gasteiger partial charge is 0.356 e. The molecule has 1 aromatic heterocycles. The molecule has 120 valence electrons. The summed E-state index contributed by atoms with van der Waals surface area (Å²) in [5.41, 5.74) is 0.512. The van der Waals surface area contributed by atoms with Crippen molar-refractivity contribution in [3.8, 4) is 0 Å². The predicted octanol–water partition coefficient (Wildman–Crippen LogP) is 2.39. The van der Waals surface area contributed by atoms with Gasteiger partial charge in [0.1, 0.15) is 11.6 Å². The molecule has 1 aliphatic rings. The Kier molecular flexibility index (Phi) is 4.36. The van der Waals surface area contributed by atoms with Gasteiger partial charge in [0, 0.05) is 19.1 Å². The van der Waals surface area contributed by atoms with Gasteiger partial charge in [-0.3, -0.25) is 0 Å². The van der Waals surface area contributed by atoms with E-state index in [-0.39, 0.29) is 17.6 Å². The Hall–Kier alpha value is -2.70. The van der Waals surface area contributed by atoms with E-state index in [9.17, 15) is 9.18 Å². The van der Waals surface area contributed by atoms with Gasteiger partial charge in [0.15, 0.2) is 5.69 Å². The molecule has 1 atom stereocenters. The standard InChI is InChI=1S/C16H17FN4O2/c17-12-5-1-2-6-14(12)21-7-3-4-11(10-21)20-15-9-18-13(8-19-15)16(22)23/h1-2,5-6,8-9,11H,3-4,7,10H2,(H,19,20)(H,22,23). The molecule has 2 aromatic rings. The molecule has 0 radical (unpaired) electrons. The second kappa shape index (κ2) is 6.60. The highest BCUT2D eigenvalue weighted by Crippen LogP contribution is 2.24. The van der Waals surface area contributed by atoms with Gasteiger partial charge < -0.3 is 15.3 Å². The number of nitrogens with one attached hydrogen (secondary N) is 1. The zero-order valence-corrected chi connectivity index (χ0v) is 12.4. The van der Waals surface area contributed by atoms with Crippen molar-refractivity contribution in [2.45, 2.75) is 18.9 Å². The summed E-state index contributed by atoms with van der Waals surface area (Å²) in [4.78, 5) is 20.7. The van der Waals surface area contributed by atoms with Crippen molar-refractivity contribution in [3.63, 3.8) is 0 Å². The summed E-state index contributed by atoms with van der Waals surface area (Å²) in [6, 6.07) is 6.85. The molecule has 1 unspecified atom stereocenters. The van der Waals surface area contributed by atoms with E-state index in [0.717, 1.165) is 19.4 Å². The topological polar surface area (TPSA) is 78.3 Å². The number of carboxylic acid groups (broad SMARTS) is 1. The fourth-order valence-corrected chi connectivity index (χ4v) is 2.74. The van der Waals surface area contributed by atoms with Gasteiger partial charge in [0.05, 0.1) is 18.1 Å². The molecular weight excluding hydrogens is 299 g/mol. The van der Waals surface area contributed by atoms with Crippen molar-refractivity contribution in [3.05, 3.63) is 48.2 Å². The first-order chi connectivity index (χ1) is 11.1. The van der Waals surface area contributed by atoms with Crippen molar-refractivity contribution >= 4 is 17.5 Å². The van der Waals surface area contributed by atoms with Crippen molar-refractivity contribution in [1.29, 1.82) is 0 Å². The highest BCUT2D eigenvalue weighted by atomic mass is 19.1. The number of rotatable bonds is 4. The summed E-state index contributed by atoms with van der Waals surface area (Å²) in [6.45, 7) is 1.46. The number of para-hydroxylation sites is 1.